The fourth-order valence-corrected chi connectivity index (χ4v) is 4.73. The Kier molecular flexibility index (Phi) is 6.19. The highest BCUT2D eigenvalue weighted by molar-refractivity contribution is 6.39. The minimum Gasteiger partial charge on any atom is -0.368 e. The first kappa shape index (κ1) is 24.5. The molecule has 1 unspecified atom stereocenters. The van der Waals surface area contributed by atoms with Gasteiger partial charge in [-0.15, -0.1) is 0 Å². The molecule has 2 heterocycles. The van der Waals surface area contributed by atoms with E-state index in [4.69, 9.17) is 39.7 Å². The van der Waals surface area contributed by atoms with E-state index in [0.29, 0.717) is 17.2 Å². The van der Waals surface area contributed by atoms with E-state index in [1.54, 1.807) is 31.2 Å². The highest BCUT2D eigenvalue weighted by atomic mass is 35.5. The highest BCUT2D eigenvalue weighted by Crippen LogP contribution is 2.43. The van der Waals surface area contributed by atoms with Crippen molar-refractivity contribution in [1.82, 2.24) is 19.5 Å². The molecule has 0 saturated heterocycles. The molecule has 2 aromatic heterocycles. The molecule has 0 spiro atoms. The third kappa shape index (κ3) is 4.43. The molecule has 1 saturated carbocycles. The Morgan fingerprint density at radius 3 is 2.59 bits per heavy atom. The Balaban J connectivity index is 1.81. The van der Waals surface area contributed by atoms with Gasteiger partial charge in [0.2, 0.25) is 11.9 Å². The van der Waals surface area contributed by atoms with Gasteiger partial charge in [0.25, 0.3) is 5.56 Å². The Labute approximate surface area is 220 Å². The smallest absolute Gasteiger partial charge is 0.267 e. The fourth-order valence-electron chi connectivity index (χ4n) is 4.29. The van der Waals surface area contributed by atoms with E-state index in [1.807, 2.05) is 0 Å². The molecule has 0 aliphatic heterocycles. The van der Waals surface area contributed by atoms with Gasteiger partial charge in [-0.3, -0.25) is 14.2 Å². The number of hydrogen-bond acceptors (Lipinski definition) is 8. The second kappa shape index (κ2) is 9.35. The fraction of sp³-hybridized carbons (Fsp3) is 0.200. The topological polar surface area (TPSA) is 166 Å². The van der Waals surface area contributed by atoms with E-state index in [2.05, 4.69) is 21.4 Å². The highest BCUT2D eigenvalue weighted by Gasteiger charge is 2.37. The van der Waals surface area contributed by atoms with Crippen LogP contribution < -0.4 is 22.3 Å². The zero-order chi connectivity index (χ0) is 26.4. The quantitative estimate of drug-likeness (QED) is 0.334. The molecule has 1 amide bonds. The number of nitrogen functional groups attached to an aromatic ring is 1. The monoisotopic (exact) mass is 534 g/mol. The van der Waals surface area contributed by atoms with E-state index >= 15 is 0 Å². The van der Waals surface area contributed by atoms with Crippen molar-refractivity contribution in [3.8, 4) is 11.8 Å². The molecule has 1 atom stereocenters. The van der Waals surface area contributed by atoms with Gasteiger partial charge in [0.1, 0.15) is 23.3 Å². The number of fused-ring (bicyclic) bond motifs is 1. The maximum Gasteiger partial charge on any atom is 0.267 e. The molecule has 37 heavy (non-hydrogen) atoms. The summed E-state index contributed by atoms with van der Waals surface area (Å²) in [4.78, 5) is 39.0. The van der Waals surface area contributed by atoms with E-state index < -0.39 is 17.5 Å². The number of nitrogens with zero attached hydrogens (tertiary/aromatic N) is 5. The maximum absolute atomic E-state index is 14.0. The summed E-state index contributed by atoms with van der Waals surface area (Å²) in [6.45, 7) is 1.66. The number of nitrogens with one attached hydrogen (secondary N) is 1. The van der Waals surface area contributed by atoms with Crippen molar-refractivity contribution in [2.24, 2.45) is 11.7 Å². The van der Waals surface area contributed by atoms with Crippen molar-refractivity contribution in [2.75, 3.05) is 11.1 Å². The molecule has 12 heteroatoms. The number of carbonyl (C=O) groups excluding carboxylic acids is 1. The van der Waals surface area contributed by atoms with Crippen molar-refractivity contribution in [1.29, 1.82) is 5.26 Å². The lowest BCUT2D eigenvalue weighted by atomic mass is 10.1. The van der Waals surface area contributed by atoms with Crippen LogP contribution in [0, 0.1) is 24.2 Å². The minimum absolute atomic E-state index is 0.00129. The van der Waals surface area contributed by atoms with Crippen molar-refractivity contribution < 1.29 is 4.79 Å². The van der Waals surface area contributed by atoms with Gasteiger partial charge in [0.15, 0.2) is 0 Å². The van der Waals surface area contributed by atoms with Crippen LogP contribution in [0.1, 0.15) is 46.3 Å². The van der Waals surface area contributed by atoms with Gasteiger partial charge in [-0.2, -0.15) is 10.2 Å². The number of rotatable bonds is 6. The predicted octanol–water partition coefficient (Wildman–Crippen LogP) is 3.91. The van der Waals surface area contributed by atoms with E-state index in [9.17, 15) is 14.9 Å². The molecule has 2 aromatic carbocycles. The average molecular weight is 535 g/mol. The summed E-state index contributed by atoms with van der Waals surface area (Å²) < 4.78 is 1.39. The van der Waals surface area contributed by atoms with Gasteiger partial charge < -0.3 is 16.8 Å². The number of benzene rings is 2. The normalized spacial score (nSPS) is 13.8. The van der Waals surface area contributed by atoms with Gasteiger partial charge in [-0.05, 0) is 56.0 Å². The zero-order valence-electron chi connectivity index (χ0n) is 19.5. The van der Waals surface area contributed by atoms with Gasteiger partial charge >= 0.3 is 0 Å². The molecule has 0 bridgehead atoms. The minimum atomic E-state index is -0.645. The number of aryl methyl sites for hydroxylation is 1. The zero-order valence-corrected chi connectivity index (χ0v) is 21.0. The second-order valence-electron chi connectivity index (χ2n) is 8.74. The molecule has 186 valence electrons. The van der Waals surface area contributed by atoms with Crippen LogP contribution in [0.25, 0.3) is 16.6 Å². The summed E-state index contributed by atoms with van der Waals surface area (Å²) in [5.41, 5.74) is 12.4. The summed E-state index contributed by atoms with van der Waals surface area (Å²) in [5, 5.41) is 13.6. The van der Waals surface area contributed by atoms with Crippen LogP contribution in [-0.4, -0.2) is 25.4 Å². The lowest BCUT2D eigenvalue weighted by molar-refractivity contribution is 0.1000. The summed E-state index contributed by atoms with van der Waals surface area (Å²) >= 11 is 12.9. The Bertz CT molecular complexity index is 1690. The second-order valence-corrected chi connectivity index (χ2v) is 9.55. The van der Waals surface area contributed by atoms with Crippen LogP contribution in [0.5, 0.6) is 0 Å². The summed E-state index contributed by atoms with van der Waals surface area (Å²) in [6, 6.07) is 11.0. The van der Waals surface area contributed by atoms with E-state index in [1.165, 1.54) is 16.7 Å². The molecule has 5 N–H and O–H groups in total. The number of hydrogen-bond donors (Lipinski definition) is 3. The number of halogens is 2. The first-order chi connectivity index (χ1) is 17.7. The number of amides is 1. The van der Waals surface area contributed by atoms with Crippen molar-refractivity contribution in [3.05, 3.63) is 79.4 Å². The van der Waals surface area contributed by atoms with Gasteiger partial charge in [0, 0.05) is 5.56 Å². The molecule has 5 rings (SSSR count). The maximum atomic E-state index is 14.0. The SMILES string of the molecule is Cc1nc(N)nc(NC(c2nc3c(Cl)ccc(Cl)c3c(=O)n2-c2cccc(C(N)=O)c2)C2CC2)c1C#N. The lowest BCUT2D eigenvalue weighted by Crippen LogP contribution is -2.30. The van der Waals surface area contributed by atoms with Crippen molar-refractivity contribution in [2.45, 2.75) is 25.8 Å². The molecule has 1 aliphatic rings. The largest absolute Gasteiger partial charge is 0.368 e. The molecule has 0 radical (unpaired) electrons. The predicted molar refractivity (Wildman–Crippen MR) is 141 cm³/mol. The van der Waals surface area contributed by atoms with E-state index in [0.717, 1.165) is 12.8 Å². The third-order valence-electron chi connectivity index (χ3n) is 6.22. The molecular weight excluding hydrogens is 515 g/mol. The van der Waals surface area contributed by atoms with E-state index in [-0.39, 0.29) is 49.8 Å². The van der Waals surface area contributed by atoms with Crippen molar-refractivity contribution >= 4 is 51.8 Å². The Morgan fingerprint density at radius 1 is 1.19 bits per heavy atom. The number of nitriles is 1. The standard InChI is InChI=1S/C25H20Cl2N8O2/c1-11-15(10-28)22(34-25(30)31-11)32-19(12-5-6-12)23-33-20-17(27)8-7-16(26)18(20)24(37)35(23)14-4-2-3-13(9-14)21(29)36/h2-4,7-9,12,19H,5-6H2,1H3,(H2,29,36)(H3,30,31,32,34). The molecule has 1 aliphatic carbocycles. The van der Waals surface area contributed by atoms with Gasteiger partial charge in [-0.25, -0.2) is 9.97 Å². The molecule has 4 aromatic rings. The number of primary amides is 1. The van der Waals surface area contributed by atoms with Crippen LogP contribution >= 0.6 is 23.2 Å². The van der Waals surface area contributed by atoms with Crippen LogP contribution in [-0.2, 0) is 0 Å². The Morgan fingerprint density at radius 2 is 1.92 bits per heavy atom. The van der Waals surface area contributed by atoms with Crippen LogP contribution in [0.15, 0.2) is 41.2 Å². The number of aromatic nitrogens is 4. The summed E-state index contributed by atoms with van der Waals surface area (Å²) in [7, 11) is 0. The molecular formula is C25H20Cl2N8O2. The van der Waals surface area contributed by atoms with Crippen molar-refractivity contribution in [3.63, 3.8) is 0 Å². The summed E-state index contributed by atoms with van der Waals surface area (Å²) in [6.07, 6.45) is 1.69. The first-order valence-electron chi connectivity index (χ1n) is 11.3. The van der Waals surface area contributed by atoms with Crippen LogP contribution in [0.2, 0.25) is 10.0 Å². The lowest BCUT2D eigenvalue weighted by Gasteiger charge is -2.24. The number of carbonyl (C=O) groups is 1. The first-order valence-corrected chi connectivity index (χ1v) is 12.1. The molecule has 1 fully saturated rings. The third-order valence-corrected chi connectivity index (χ3v) is 6.84. The van der Waals surface area contributed by atoms with Crippen LogP contribution in [0.3, 0.4) is 0 Å². The van der Waals surface area contributed by atoms with Crippen LogP contribution in [0.4, 0.5) is 11.8 Å². The Hall–Kier alpha value is -4.20. The van der Waals surface area contributed by atoms with Gasteiger partial charge in [-0.1, -0.05) is 29.3 Å². The number of nitrogens with two attached hydrogens (primary N) is 2. The average Bonchev–Trinajstić information content (AvgIpc) is 3.69. The molecule has 10 nitrogen and oxygen atoms in total. The number of anilines is 2. The summed E-state index contributed by atoms with van der Waals surface area (Å²) in [5.74, 6) is -0.0380. The van der Waals surface area contributed by atoms with Gasteiger partial charge in [0.05, 0.1) is 38.4 Å².